The number of aromatic nitrogens is 2. The minimum atomic E-state index is -0.668. The van der Waals surface area contributed by atoms with Gasteiger partial charge in [0.2, 0.25) is 0 Å². The maximum absolute atomic E-state index is 11.9. The molecule has 1 aromatic carbocycles. The van der Waals surface area contributed by atoms with Gasteiger partial charge in [-0.15, -0.1) is 0 Å². The topological polar surface area (TPSA) is 102 Å². The van der Waals surface area contributed by atoms with Gasteiger partial charge < -0.3 is 9.40 Å². The molecule has 3 rings (SSSR count). The number of fused-ring (bicyclic) bond motifs is 1. The van der Waals surface area contributed by atoms with Crippen molar-refractivity contribution >= 4 is 16.9 Å². The molecule has 2 heterocycles. The van der Waals surface area contributed by atoms with Crippen molar-refractivity contribution in [2.45, 2.75) is 0 Å². The fraction of sp³-hybridized carbons (Fsp3) is 0. The molecule has 3 aromatic rings. The summed E-state index contributed by atoms with van der Waals surface area (Å²) in [7, 11) is 0. The average molecular weight is 257 g/mol. The van der Waals surface area contributed by atoms with E-state index in [2.05, 4.69) is 9.97 Å². The van der Waals surface area contributed by atoms with Gasteiger partial charge in [0, 0.05) is 0 Å². The molecule has 0 aliphatic carbocycles. The number of rotatable bonds is 2. The summed E-state index contributed by atoms with van der Waals surface area (Å²) in [5.41, 5.74) is 0.739. The number of nitrogens with one attached hydrogen (secondary N) is 1. The van der Waals surface area contributed by atoms with E-state index in [1.165, 1.54) is 12.1 Å². The van der Waals surface area contributed by atoms with Gasteiger partial charge in [-0.3, -0.25) is 14.9 Å². The van der Waals surface area contributed by atoms with Crippen LogP contribution in [0.25, 0.3) is 22.5 Å². The molecule has 0 amide bonds. The Hall–Kier alpha value is -2.96. The van der Waals surface area contributed by atoms with Gasteiger partial charge in [-0.05, 0) is 18.2 Å². The summed E-state index contributed by atoms with van der Waals surface area (Å²) in [6.45, 7) is 0. The van der Waals surface area contributed by atoms with Gasteiger partial charge in [-0.25, -0.2) is 4.98 Å². The van der Waals surface area contributed by atoms with E-state index in [1.807, 2.05) is 0 Å². The molecule has 0 saturated heterocycles. The van der Waals surface area contributed by atoms with Crippen molar-refractivity contribution < 1.29 is 9.34 Å². The highest BCUT2D eigenvalue weighted by atomic mass is 16.6. The van der Waals surface area contributed by atoms with Gasteiger partial charge in [0.05, 0.1) is 17.1 Å². The van der Waals surface area contributed by atoms with E-state index in [1.54, 1.807) is 24.3 Å². The third-order valence-corrected chi connectivity index (χ3v) is 2.60. The molecule has 0 spiro atoms. The second-order valence-corrected chi connectivity index (χ2v) is 3.83. The van der Waals surface area contributed by atoms with Crippen LogP contribution in [0.1, 0.15) is 0 Å². The molecule has 0 aliphatic rings. The van der Waals surface area contributed by atoms with Crippen LogP contribution in [0.3, 0.4) is 0 Å². The van der Waals surface area contributed by atoms with Crippen molar-refractivity contribution in [2.24, 2.45) is 0 Å². The summed E-state index contributed by atoms with van der Waals surface area (Å²) < 4.78 is 4.98. The standard InChI is InChI=1S/C12H7N3O4/c16-12-11(9-5-6-10(19-9)15(17)18)13-7-3-1-2-4-8(7)14-12/h1-6H,(H,14,16). The van der Waals surface area contributed by atoms with E-state index in [0.29, 0.717) is 11.0 Å². The van der Waals surface area contributed by atoms with Crippen molar-refractivity contribution in [1.29, 1.82) is 0 Å². The fourth-order valence-corrected chi connectivity index (χ4v) is 1.75. The summed E-state index contributed by atoms with van der Waals surface area (Å²) >= 11 is 0. The van der Waals surface area contributed by atoms with Crippen LogP contribution in [0.2, 0.25) is 0 Å². The van der Waals surface area contributed by atoms with Gasteiger partial charge in [0.1, 0.15) is 4.92 Å². The second-order valence-electron chi connectivity index (χ2n) is 3.83. The van der Waals surface area contributed by atoms with Crippen molar-refractivity contribution in [3.8, 4) is 11.5 Å². The minimum absolute atomic E-state index is 0.0202. The molecule has 2 aromatic heterocycles. The summed E-state index contributed by atoms with van der Waals surface area (Å²) in [4.78, 5) is 28.6. The molecular weight excluding hydrogens is 250 g/mol. The Morgan fingerprint density at radius 2 is 2.00 bits per heavy atom. The van der Waals surface area contributed by atoms with E-state index >= 15 is 0 Å². The Bertz CT molecular complexity index is 834. The Morgan fingerprint density at radius 3 is 2.74 bits per heavy atom. The van der Waals surface area contributed by atoms with Gasteiger partial charge in [0.25, 0.3) is 5.56 Å². The number of para-hydroxylation sites is 2. The summed E-state index contributed by atoms with van der Waals surface area (Å²) in [5, 5.41) is 10.5. The number of H-pyrrole nitrogens is 1. The van der Waals surface area contributed by atoms with E-state index < -0.39 is 16.4 Å². The highest BCUT2D eigenvalue weighted by Gasteiger charge is 2.16. The monoisotopic (exact) mass is 257 g/mol. The SMILES string of the molecule is O=c1[nH]c2ccccc2nc1-c1ccc([N+](=O)[O-])o1. The first-order valence-electron chi connectivity index (χ1n) is 5.39. The van der Waals surface area contributed by atoms with Crippen LogP contribution >= 0.6 is 0 Å². The third-order valence-electron chi connectivity index (χ3n) is 2.60. The Morgan fingerprint density at radius 1 is 1.21 bits per heavy atom. The number of aromatic amines is 1. The number of hydrogen-bond donors (Lipinski definition) is 1. The summed E-state index contributed by atoms with van der Waals surface area (Å²) in [6, 6.07) is 9.54. The van der Waals surface area contributed by atoms with Crippen LogP contribution in [-0.2, 0) is 0 Å². The lowest BCUT2D eigenvalue weighted by molar-refractivity contribution is -0.401. The van der Waals surface area contributed by atoms with E-state index in [-0.39, 0.29) is 11.5 Å². The normalized spacial score (nSPS) is 10.7. The fourth-order valence-electron chi connectivity index (χ4n) is 1.75. The molecule has 1 N–H and O–H groups in total. The molecule has 0 radical (unpaired) electrons. The van der Waals surface area contributed by atoms with Gasteiger partial charge in [-0.2, -0.15) is 0 Å². The number of benzene rings is 1. The van der Waals surface area contributed by atoms with Crippen LogP contribution < -0.4 is 5.56 Å². The predicted octanol–water partition coefficient (Wildman–Crippen LogP) is 2.09. The molecule has 0 aliphatic heterocycles. The maximum atomic E-state index is 11.9. The van der Waals surface area contributed by atoms with Crippen LogP contribution in [0.5, 0.6) is 0 Å². The highest BCUT2D eigenvalue weighted by Crippen LogP contribution is 2.23. The molecule has 0 saturated carbocycles. The van der Waals surface area contributed by atoms with Crippen LogP contribution in [0.4, 0.5) is 5.88 Å². The molecule has 94 valence electrons. The van der Waals surface area contributed by atoms with Crippen molar-refractivity contribution in [2.75, 3.05) is 0 Å². The van der Waals surface area contributed by atoms with E-state index in [0.717, 1.165) is 0 Å². The maximum Gasteiger partial charge on any atom is 0.433 e. The van der Waals surface area contributed by atoms with Gasteiger partial charge in [-0.1, -0.05) is 12.1 Å². The first-order chi connectivity index (χ1) is 9.15. The van der Waals surface area contributed by atoms with Gasteiger partial charge >= 0.3 is 5.88 Å². The van der Waals surface area contributed by atoms with Crippen LogP contribution in [0.15, 0.2) is 45.6 Å². The molecule has 0 unspecified atom stereocenters. The lowest BCUT2D eigenvalue weighted by Gasteiger charge is -1.99. The van der Waals surface area contributed by atoms with Crippen molar-refractivity contribution in [3.63, 3.8) is 0 Å². The van der Waals surface area contributed by atoms with Crippen LogP contribution in [0, 0.1) is 10.1 Å². The second kappa shape index (κ2) is 4.05. The van der Waals surface area contributed by atoms with Crippen LogP contribution in [-0.4, -0.2) is 14.9 Å². The largest absolute Gasteiger partial charge is 0.433 e. The molecule has 0 atom stereocenters. The third kappa shape index (κ3) is 1.86. The zero-order valence-electron chi connectivity index (χ0n) is 9.49. The quantitative estimate of drug-likeness (QED) is 0.559. The zero-order valence-corrected chi connectivity index (χ0v) is 9.49. The molecule has 0 bridgehead atoms. The highest BCUT2D eigenvalue weighted by molar-refractivity contribution is 5.76. The Kier molecular flexibility index (Phi) is 2.38. The molecule has 19 heavy (non-hydrogen) atoms. The van der Waals surface area contributed by atoms with E-state index in [9.17, 15) is 14.9 Å². The average Bonchev–Trinajstić information content (AvgIpc) is 2.87. The number of nitrogens with zero attached hydrogens (tertiary/aromatic N) is 2. The van der Waals surface area contributed by atoms with E-state index in [4.69, 9.17) is 4.42 Å². The molecule has 7 nitrogen and oxygen atoms in total. The van der Waals surface area contributed by atoms with Crippen molar-refractivity contribution in [3.05, 3.63) is 56.9 Å². The van der Waals surface area contributed by atoms with Crippen molar-refractivity contribution in [1.82, 2.24) is 9.97 Å². The smallest absolute Gasteiger partial charge is 0.399 e. The number of hydrogen-bond acceptors (Lipinski definition) is 5. The first-order valence-corrected chi connectivity index (χ1v) is 5.39. The zero-order chi connectivity index (χ0) is 13.4. The minimum Gasteiger partial charge on any atom is -0.399 e. The summed E-state index contributed by atoms with van der Waals surface area (Å²) in [5.74, 6) is -0.358. The molecular formula is C12H7N3O4. The lowest BCUT2D eigenvalue weighted by atomic mass is 10.2. The predicted molar refractivity (Wildman–Crippen MR) is 66.7 cm³/mol. The summed E-state index contributed by atoms with van der Waals surface area (Å²) in [6.07, 6.45) is 0. The first kappa shape index (κ1) is 11.1. The Labute approximate surface area is 105 Å². The molecule has 7 heteroatoms. The lowest BCUT2D eigenvalue weighted by Crippen LogP contribution is -2.10. The number of furan rings is 1. The Balaban J connectivity index is 2.21. The molecule has 0 fully saturated rings. The van der Waals surface area contributed by atoms with Gasteiger partial charge in [0.15, 0.2) is 11.5 Å². The number of nitro groups is 1.